The number of amides is 2. The van der Waals surface area contributed by atoms with E-state index in [2.05, 4.69) is 0 Å². The molecule has 1 aliphatic rings. The molecular weight excluding hydrogens is 290 g/mol. The molecule has 2 aromatic rings. The Labute approximate surface area is 126 Å². The molecule has 1 heterocycles. The summed E-state index contributed by atoms with van der Waals surface area (Å²) in [6, 6.07) is 14.0. The van der Waals surface area contributed by atoms with E-state index in [1.807, 2.05) is 6.07 Å². The number of benzene rings is 2. The van der Waals surface area contributed by atoms with Crippen LogP contribution in [0.3, 0.4) is 0 Å². The number of halogens is 1. The van der Waals surface area contributed by atoms with Crippen molar-refractivity contribution >= 4 is 23.4 Å². The third kappa shape index (κ3) is 2.62. The van der Waals surface area contributed by atoms with Gasteiger partial charge in [-0.15, -0.1) is 0 Å². The maximum atomic E-state index is 12.5. The standard InChI is InChI=1S/C16H12ClNO3/c17-13-7-3-1-5-11(13)9-18-15(19)10-21-14-8-4-2-6-12(14)16(18)20/h1-8H,9-10H2. The van der Waals surface area contributed by atoms with Gasteiger partial charge in [0.25, 0.3) is 11.8 Å². The minimum atomic E-state index is -0.379. The molecule has 0 fully saturated rings. The van der Waals surface area contributed by atoms with Gasteiger partial charge in [0.15, 0.2) is 6.61 Å². The molecule has 2 aromatic carbocycles. The predicted octanol–water partition coefficient (Wildman–Crippen LogP) is 2.90. The van der Waals surface area contributed by atoms with Crippen molar-refractivity contribution in [2.45, 2.75) is 6.54 Å². The van der Waals surface area contributed by atoms with Crippen LogP contribution in [-0.2, 0) is 11.3 Å². The summed E-state index contributed by atoms with van der Waals surface area (Å²) >= 11 is 6.10. The largest absolute Gasteiger partial charge is 0.483 e. The molecule has 0 unspecified atom stereocenters. The summed E-state index contributed by atoms with van der Waals surface area (Å²) in [5, 5.41) is 0.525. The maximum Gasteiger partial charge on any atom is 0.267 e. The highest BCUT2D eigenvalue weighted by molar-refractivity contribution is 6.31. The van der Waals surface area contributed by atoms with Gasteiger partial charge in [-0.2, -0.15) is 0 Å². The van der Waals surface area contributed by atoms with E-state index in [9.17, 15) is 9.59 Å². The average Bonchev–Trinajstić information content (AvgIpc) is 2.62. The minimum Gasteiger partial charge on any atom is -0.483 e. The SMILES string of the molecule is O=C1COc2ccccc2C(=O)N1Cc1ccccc1Cl. The molecule has 0 aromatic heterocycles. The molecule has 0 bridgehead atoms. The fourth-order valence-electron chi connectivity index (χ4n) is 2.20. The van der Waals surface area contributed by atoms with E-state index < -0.39 is 0 Å². The van der Waals surface area contributed by atoms with Crippen molar-refractivity contribution in [1.82, 2.24) is 4.90 Å². The Morgan fingerprint density at radius 1 is 1.05 bits per heavy atom. The molecule has 2 amide bonds. The normalized spacial score (nSPS) is 14.4. The zero-order valence-corrected chi connectivity index (χ0v) is 11.8. The van der Waals surface area contributed by atoms with Crippen molar-refractivity contribution in [3.8, 4) is 5.75 Å². The Bertz CT molecular complexity index is 714. The van der Waals surface area contributed by atoms with E-state index in [0.29, 0.717) is 16.3 Å². The molecule has 0 atom stereocenters. The van der Waals surface area contributed by atoms with Crippen molar-refractivity contribution in [2.75, 3.05) is 6.61 Å². The number of ether oxygens (including phenoxy) is 1. The number of carbonyl (C=O) groups excluding carboxylic acids is 2. The number of hydrogen-bond donors (Lipinski definition) is 0. The number of fused-ring (bicyclic) bond motifs is 1. The molecule has 4 nitrogen and oxygen atoms in total. The second-order valence-corrected chi connectivity index (χ2v) is 5.07. The molecule has 0 spiro atoms. The Hall–Kier alpha value is -2.33. The number of rotatable bonds is 2. The topological polar surface area (TPSA) is 46.6 Å². The van der Waals surface area contributed by atoms with Gasteiger partial charge in [0.2, 0.25) is 0 Å². The van der Waals surface area contributed by atoms with Crippen molar-refractivity contribution in [3.63, 3.8) is 0 Å². The van der Waals surface area contributed by atoms with Gasteiger partial charge in [-0.05, 0) is 23.8 Å². The van der Waals surface area contributed by atoms with Crippen molar-refractivity contribution in [1.29, 1.82) is 0 Å². The van der Waals surface area contributed by atoms with E-state index >= 15 is 0 Å². The lowest BCUT2D eigenvalue weighted by molar-refractivity contribution is -0.130. The summed E-state index contributed by atoms with van der Waals surface area (Å²) in [7, 11) is 0. The van der Waals surface area contributed by atoms with Crippen LogP contribution < -0.4 is 4.74 Å². The van der Waals surface area contributed by atoms with Crippen LogP contribution in [-0.4, -0.2) is 23.3 Å². The number of nitrogens with zero attached hydrogens (tertiary/aromatic N) is 1. The molecule has 1 aliphatic heterocycles. The van der Waals surface area contributed by atoms with E-state index in [0.717, 1.165) is 5.56 Å². The average molecular weight is 302 g/mol. The molecule has 106 valence electrons. The first kappa shape index (κ1) is 13.6. The van der Waals surface area contributed by atoms with E-state index in [-0.39, 0.29) is 25.0 Å². The quantitative estimate of drug-likeness (QED) is 0.801. The van der Waals surface area contributed by atoms with Crippen LogP contribution in [0.1, 0.15) is 15.9 Å². The molecule has 21 heavy (non-hydrogen) atoms. The van der Waals surface area contributed by atoms with Crippen LogP contribution in [0.25, 0.3) is 0 Å². The van der Waals surface area contributed by atoms with Gasteiger partial charge >= 0.3 is 0 Å². The number of hydrogen-bond acceptors (Lipinski definition) is 3. The lowest BCUT2D eigenvalue weighted by atomic mass is 10.1. The summed E-state index contributed by atoms with van der Waals surface area (Å²) in [5.41, 5.74) is 1.11. The third-order valence-corrected chi connectivity index (χ3v) is 3.67. The lowest BCUT2D eigenvalue weighted by Crippen LogP contribution is -2.37. The first-order valence-electron chi connectivity index (χ1n) is 6.47. The number of carbonyl (C=O) groups is 2. The Morgan fingerprint density at radius 3 is 2.57 bits per heavy atom. The summed E-state index contributed by atoms with van der Waals surface area (Å²) in [5.74, 6) is -0.318. The maximum absolute atomic E-state index is 12.5. The smallest absolute Gasteiger partial charge is 0.267 e. The van der Waals surface area contributed by atoms with Gasteiger partial charge in [0, 0.05) is 5.02 Å². The monoisotopic (exact) mass is 301 g/mol. The zero-order chi connectivity index (χ0) is 14.8. The van der Waals surface area contributed by atoms with Crippen LogP contribution in [0.2, 0.25) is 5.02 Å². The van der Waals surface area contributed by atoms with Crippen LogP contribution in [0.4, 0.5) is 0 Å². The van der Waals surface area contributed by atoms with E-state index in [4.69, 9.17) is 16.3 Å². The lowest BCUT2D eigenvalue weighted by Gasteiger charge is -2.18. The third-order valence-electron chi connectivity index (χ3n) is 3.30. The van der Waals surface area contributed by atoms with Crippen LogP contribution >= 0.6 is 11.6 Å². The molecule has 0 saturated carbocycles. The molecule has 0 radical (unpaired) electrons. The zero-order valence-electron chi connectivity index (χ0n) is 11.1. The van der Waals surface area contributed by atoms with Crippen molar-refractivity contribution < 1.29 is 14.3 Å². The Morgan fingerprint density at radius 2 is 1.76 bits per heavy atom. The second-order valence-electron chi connectivity index (χ2n) is 4.66. The molecule has 5 heteroatoms. The molecule has 0 N–H and O–H groups in total. The van der Waals surface area contributed by atoms with Gasteiger partial charge in [-0.3, -0.25) is 14.5 Å². The minimum absolute atomic E-state index is 0.134. The van der Waals surface area contributed by atoms with Crippen molar-refractivity contribution in [3.05, 3.63) is 64.7 Å². The van der Waals surface area contributed by atoms with Crippen LogP contribution in [0, 0.1) is 0 Å². The molecular formula is C16H12ClNO3. The van der Waals surface area contributed by atoms with E-state index in [1.165, 1.54) is 4.90 Å². The Balaban J connectivity index is 1.96. The van der Waals surface area contributed by atoms with E-state index in [1.54, 1.807) is 42.5 Å². The highest BCUT2D eigenvalue weighted by Crippen LogP contribution is 2.25. The summed E-state index contributed by atoms with van der Waals surface area (Å²) in [4.78, 5) is 25.9. The molecule has 0 saturated heterocycles. The number of imide groups is 1. The second kappa shape index (κ2) is 5.58. The predicted molar refractivity (Wildman–Crippen MR) is 78.3 cm³/mol. The van der Waals surface area contributed by atoms with Gasteiger partial charge in [-0.25, -0.2) is 0 Å². The fraction of sp³-hybridized carbons (Fsp3) is 0.125. The number of para-hydroxylation sites is 1. The molecule has 3 rings (SSSR count). The highest BCUT2D eigenvalue weighted by atomic mass is 35.5. The van der Waals surface area contributed by atoms with Gasteiger partial charge < -0.3 is 4.74 Å². The van der Waals surface area contributed by atoms with Gasteiger partial charge in [0.05, 0.1) is 12.1 Å². The first-order chi connectivity index (χ1) is 10.2. The first-order valence-corrected chi connectivity index (χ1v) is 6.84. The van der Waals surface area contributed by atoms with Crippen LogP contribution in [0.15, 0.2) is 48.5 Å². The summed E-state index contributed by atoms with van der Waals surface area (Å²) in [6.45, 7) is -0.0256. The highest BCUT2D eigenvalue weighted by Gasteiger charge is 2.29. The fourth-order valence-corrected chi connectivity index (χ4v) is 2.40. The van der Waals surface area contributed by atoms with Gasteiger partial charge in [0.1, 0.15) is 5.75 Å². The van der Waals surface area contributed by atoms with Crippen LogP contribution in [0.5, 0.6) is 5.75 Å². The van der Waals surface area contributed by atoms with Gasteiger partial charge in [-0.1, -0.05) is 41.9 Å². The Kier molecular flexibility index (Phi) is 3.62. The summed E-state index contributed by atoms with van der Waals surface area (Å²) in [6.07, 6.45) is 0. The van der Waals surface area contributed by atoms with Crippen molar-refractivity contribution in [2.24, 2.45) is 0 Å². The molecule has 0 aliphatic carbocycles. The summed E-state index contributed by atoms with van der Waals surface area (Å²) < 4.78 is 5.38.